The van der Waals surface area contributed by atoms with Gasteiger partial charge in [-0.25, -0.2) is 4.79 Å². The van der Waals surface area contributed by atoms with Crippen molar-refractivity contribution in [3.63, 3.8) is 0 Å². The lowest BCUT2D eigenvalue weighted by Gasteiger charge is -2.22. The van der Waals surface area contributed by atoms with Crippen LogP contribution in [-0.4, -0.2) is 51.1 Å². The van der Waals surface area contributed by atoms with E-state index < -0.39 is 45.1 Å². The molecule has 5 atom stereocenters. The number of ether oxygens (including phenoxy) is 2. The molecule has 242 valence electrons. The van der Waals surface area contributed by atoms with Gasteiger partial charge < -0.3 is 20.3 Å². The van der Waals surface area contributed by atoms with E-state index >= 15 is 0 Å². The van der Waals surface area contributed by atoms with Gasteiger partial charge in [-0.05, 0) is 12.5 Å². The molecule has 2 rings (SSSR count). The van der Waals surface area contributed by atoms with Crippen molar-refractivity contribution in [1.82, 2.24) is 9.55 Å². The topological polar surface area (TPSA) is 146 Å². The standard InChI is InChI=1S/C31H56N3O7P/c1-2-3-4-5-6-7-8-9-10-11-12-13-14-15-16-17-18-19-20-21-24-39-29-28(41-42(37)38)26(25-35)40-30(29)34-23-22-27(32)33-31(34)36/h22-23,26,28-30,35H,2-21,24-25H2,1H3,(H2-,32,33,36,37,38)/p+1/t26-,28+,29?,30-/m1/s1. The van der Waals surface area contributed by atoms with E-state index in [2.05, 4.69) is 11.9 Å². The molecule has 42 heavy (non-hydrogen) atoms. The lowest BCUT2D eigenvalue weighted by atomic mass is 10.0. The average Bonchev–Trinajstić information content (AvgIpc) is 3.29. The number of nitrogens with two attached hydrogens (primary N) is 1. The zero-order chi connectivity index (χ0) is 30.4. The molecule has 0 amide bonds. The summed E-state index contributed by atoms with van der Waals surface area (Å²) in [5.74, 6) is 0.0704. The fourth-order valence-corrected chi connectivity index (χ4v) is 6.15. The van der Waals surface area contributed by atoms with Crippen molar-refractivity contribution in [1.29, 1.82) is 0 Å². The molecule has 1 aliphatic rings. The second kappa shape index (κ2) is 23.0. The Hall–Kier alpha value is -1.42. The highest BCUT2D eigenvalue weighted by molar-refractivity contribution is 7.32. The number of anilines is 1. The molecule has 11 heteroatoms. The number of nitrogen functional groups attached to an aromatic ring is 1. The van der Waals surface area contributed by atoms with Crippen molar-refractivity contribution < 1.29 is 28.6 Å². The fourth-order valence-electron chi connectivity index (χ4n) is 5.68. The third-order valence-electron chi connectivity index (χ3n) is 8.11. The molecule has 1 aliphatic heterocycles. The summed E-state index contributed by atoms with van der Waals surface area (Å²) in [7, 11) is -2.96. The molecular weight excluding hydrogens is 557 g/mol. The second-order valence-corrected chi connectivity index (χ2v) is 12.3. The summed E-state index contributed by atoms with van der Waals surface area (Å²) in [6.45, 7) is 2.19. The zero-order valence-electron chi connectivity index (χ0n) is 25.9. The van der Waals surface area contributed by atoms with Crippen LogP contribution < -0.4 is 11.4 Å². The van der Waals surface area contributed by atoms with Crippen molar-refractivity contribution in [2.45, 2.75) is 160 Å². The first-order valence-electron chi connectivity index (χ1n) is 16.5. The van der Waals surface area contributed by atoms with Crippen LogP contribution in [0.1, 0.15) is 142 Å². The molecule has 1 aromatic rings. The predicted octanol–water partition coefficient (Wildman–Crippen LogP) is 6.96. The van der Waals surface area contributed by atoms with Crippen LogP contribution in [0.3, 0.4) is 0 Å². The summed E-state index contributed by atoms with van der Waals surface area (Å²) in [6, 6.07) is 1.45. The lowest BCUT2D eigenvalue weighted by Crippen LogP contribution is -2.39. The number of nitrogens with zero attached hydrogens (tertiary/aromatic N) is 2. The third kappa shape index (κ3) is 14.8. The molecule has 0 aromatic carbocycles. The molecule has 1 aromatic heterocycles. The number of hydrogen-bond acceptors (Lipinski definition) is 8. The minimum atomic E-state index is -2.96. The van der Waals surface area contributed by atoms with Crippen molar-refractivity contribution in [2.75, 3.05) is 18.9 Å². The van der Waals surface area contributed by atoms with Gasteiger partial charge in [-0.15, -0.1) is 9.42 Å². The first kappa shape index (κ1) is 36.8. The van der Waals surface area contributed by atoms with Crippen molar-refractivity contribution >= 4 is 14.1 Å². The van der Waals surface area contributed by atoms with E-state index in [1.54, 1.807) is 0 Å². The molecule has 2 unspecified atom stereocenters. The van der Waals surface area contributed by atoms with Gasteiger partial charge in [0.15, 0.2) is 12.3 Å². The Labute approximate surface area is 253 Å². The van der Waals surface area contributed by atoms with Crippen LogP contribution in [0.25, 0.3) is 0 Å². The van der Waals surface area contributed by atoms with Crippen molar-refractivity contribution in [2.24, 2.45) is 0 Å². The Balaban J connectivity index is 1.52. The van der Waals surface area contributed by atoms with Gasteiger partial charge in [0.1, 0.15) is 18.0 Å². The van der Waals surface area contributed by atoms with E-state index in [0.717, 1.165) is 19.3 Å². The molecular formula is C31H57N3O7P+. The molecule has 2 heterocycles. The van der Waals surface area contributed by atoms with Gasteiger partial charge >= 0.3 is 13.9 Å². The van der Waals surface area contributed by atoms with Gasteiger partial charge in [0.25, 0.3) is 0 Å². The number of aromatic nitrogens is 2. The number of aliphatic hydroxyl groups excluding tert-OH is 1. The molecule has 1 fully saturated rings. The smallest absolute Gasteiger partial charge is 0.394 e. The molecule has 0 saturated carbocycles. The lowest BCUT2D eigenvalue weighted by molar-refractivity contribution is -0.0743. The number of unbranched alkanes of at least 4 members (excludes halogenated alkanes) is 19. The van der Waals surface area contributed by atoms with Gasteiger partial charge in [0.2, 0.25) is 0 Å². The summed E-state index contributed by atoms with van der Waals surface area (Å²) in [6.07, 6.45) is 23.8. The Morgan fingerprint density at radius 3 is 1.76 bits per heavy atom. The van der Waals surface area contributed by atoms with E-state index in [-0.39, 0.29) is 5.82 Å². The minimum Gasteiger partial charge on any atom is -0.394 e. The molecule has 0 spiro atoms. The molecule has 0 aliphatic carbocycles. The van der Waals surface area contributed by atoms with Crippen LogP contribution in [-0.2, 0) is 18.6 Å². The first-order valence-corrected chi connectivity index (χ1v) is 17.7. The Morgan fingerprint density at radius 1 is 0.857 bits per heavy atom. The summed E-state index contributed by atoms with van der Waals surface area (Å²) in [4.78, 5) is 25.4. The van der Waals surface area contributed by atoms with Crippen molar-refractivity contribution in [3.05, 3.63) is 22.7 Å². The van der Waals surface area contributed by atoms with Gasteiger partial charge in [0, 0.05) is 17.4 Å². The molecule has 1 saturated heterocycles. The van der Waals surface area contributed by atoms with Crippen LogP contribution in [0, 0.1) is 0 Å². The van der Waals surface area contributed by atoms with Crippen LogP contribution >= 0.6 is 8.25 Å². The Kier molecular flexibility index (Phi) is 20.2. The zero-order valence-corrected chi connectivity index (χ0v) is 26.8. The summed E-state index contributed by atoms with van der Waals surface area (Å²) in [5.41, 5.74) is 4.95. The first-order chi connectivity index (χ1) is 20.5. The highest BCUT2D eigenvalue weighted by Crippen LogP contribution is 2.37. The molecule has 4 N–H and O–H groups in total. The average molecular weight is 615 g/mol. The fraction of sp³-hybridized carbons (Fsp3) is 0.871. The maximum atomic E-state index is 12.4. The third-order valence-corrected chi connectivity index (χ3v) is 8.53. The van der Waals surface area contributed by atoms with Gasteiger partial charge in [0.05, 0.1) is 6.61 Å². The van der Waals surface area contributed by atoms with Crippen LogP contribution in [0.4, 0.5) is 5.82 Å². The number of hydrogen-bond donors (Lipinski definition) is 3. The van der Waals surface area contributed by atoms with Gasteiger partial charge in [-0.2, -0.15) is 4.98 Å². The maximum absolute atomic E-state index is 12.4. The van der Waals surface area contributed by atoms with Crippen LogP contribution in [0.15, 0.2) is 17.1 Å². The van der Waals surface area contributed by atoms with Crippen LogP contribution in [0.5, 0.6) is 0 Å². The summed E-state index contributed by atoms with van der Waals surface area (Å²) >= 11 is 0. The summed E-state index contributed by atoms with van der Waals surface area (Å²) in [5, 5.41) is 9.73. The monoisotopic (exact) mass is 614 g/mol. The highest BCUT2D eigenvalue weighted by Gasteiger charge is 2.51. The second-order valence-electron chi connectivity index (χ2n) is 11.7. The number of aliphatic hydroxyl groups is 1. The normalized spacial score (nSPS) is 20.8. The predicted molar refractivity (Wildman–Crippen MR) is 166 cm³/mol. The highest BCUT2D eigenvalue weighted by atomic mass is 31.1. The van der Waals surface area contributed by atoms with E-state index in [1.165, 1.54) is 126 Å². The minimum absolute atomic E-state index is 0.0704. The molecule has 0 radical (unpaired) electrons. The largest absolute Gasteiger partial charge is 0.695 e. The Morgan fingerprint density at radius 2 is 1.33 bits per heavy atom. The quantitative estimate of drug-likeness (QED) is 0.0744. The van der Waals surface area contributed by atoms with E-state index in [9.17, 15) is 19.4 Å². The maximum Gasteiger partial charge on any atom is 0.695 e. The number of rotatable bonds is 26. The van der Waals surface area contributed by atoms with Gasteiger partial charge in [-0.1, -0.05) is 129 Å². The SMILES string of the molecule is CCCCCCCCCCCCCCCCCCCCCCOC1[C@@H](O[P+](=O)O)[C@@H](CO)O[C@H]1n1ccc(N)nc1=O. The Bertz CT molecular complexity index is 904. The molecule has 10 nitrogen and oxygen atoms in total. The van der Waals surface area contributed by atoms with Crippen molar-refractivity contribution in [3.8, 4) is 0 Å². The van der Waals surface area contributed by atoms with Gasteiger partial charge in [-0.3, -0.25) is 4.57 Å². The molecule has 0 bridgehead atoms. The van der Waals surface area contributed by atoms with E-state index in [4.69, 9.17) is 19.7 Å². The van der Waals surface area contributed by atoms with E-state index in [0.29, 0.717) is 6.61 Å². The van der Waals surface area contributed by atoms with E-state index in [1.807, 2.05) is 0 Å². The summed E-state index contributed by atoms with van der Waals surface area (Å²) < 4.78 is 29.6. The van der Waals surface area contributed by atoms with Crippen LogP contribution in [0.2, 0.25) is 0 Å².